The fourth-order valence-corrected chi connectivity index (χ4v) is 3.28. The van der Waals surface area contributed by atoms with Gasteiger partial charge in [-0.1, -0.05) is 26.3 Å². The fraction of sp³-hybridized carbons (Fsp3) is 0.611. The van der Waals surface area contributed by atoms with E-state index in [0.29, 0.717) is 5.92 Å². The largest absolute Gasteiger partial charge is 0.497 e. The molecule has 1 saturated carbocycles. The molecule has 1 fully saturated rings. The summed E-state index contributed by atoms with van der Waals surface area (Å²) in [6, 6.07) is 10.4. The van der Waals surface area contributed by atoms with Crippen LogP contribution in [0.25, 0.3) is 0 Å². The number of hydrogen-bond donors (Lipinski definition) is 1. The third kappa shape index (κ3) is 3.91. The molecule has 0 aliphatic heterocycles. The lowest BCUT2D eigenvalue weighted by atomic mass is 9.87. The van der Waals surface area contributed by atoms with Crippen molar-refractivity contribution < 1.29 is 4.74 Å². The molecule has 2 unspecified atom stereocenters. The lowest BCUT2D eigenvalue weighted by Gasteiger charge is -2.28. The number of nitrogens with zero attached hydrogens (tertiary/aromatic N) is 1. The topological polar surface area (TPSA) is 45.0 Å². The molecule has 0 aromatic heterocycles. The average Bonchev–Trinajstić information content (AvgIpc) is 2.71. The molecule has 2 rings (SSSR count). The summed E-state index contributed by atoms with van der Waals surface area (Å²) < 4.78 is 5.26. The molecular formula is C18H26N2O. The van der Waals surface area contributed by atoms with E-state index in [-0.39, 0.29) is 0 Å². The highest BCUT2D eigenvalue weighted by molar-refractivity contribution is 5.51. The number of benzene rings is 1. The smallest absolute Gasteiger partial charge is 0.125 e. The Labute approximate surface area is 128 Å². The molecule has 2 atom stereocenters. The molecule has 1 N–H and O–H groups in total. The highest BCUT2D eigenvalue weighted by Gasteiger charge is 2.34. The molecule has 1 aliphatic rings. The molecule has 0 amide bonds. The molecule has 0 bridgehead atoms. The van der Waals surface area contributed by atoms with Crippen LogP contribution in [-0.2, 0) is 0 Å². The predicted octanol–water partition coefficient (Wildman–Crippen LogP) is 4.61. The molecule has 0 heterocycles. The van der Waals surface area contributed by atoms with Crippen molar-refractivity contribution in [1.82, 2.24) is 0 Å². The second-order valence-electron chi connectivity index (χ2n) is 6.49. The summed E-state index contributed by atoms with van der Waals surface area (Å²) >= 11 is 0. The van der Waals surface area contributed by atoms with Crippen LogP contribution in [0.1, 0.15) is 46.0 Å². The average molecular weight is 286 g/mol. The standard InChI is InChI=1S/C18H26N2O/c1-14(2)15-6-5-10-18(13-19,11-9-15)20-16-7-4-8-17(12-16)21-3/h4,7-8,12,14-15,20H,5-6,9-11H2,1-3H3. The number of hydrogen-bond acceptors (Lipinski definition) is 3. The summed E-state index contributed by atoms with van der Waals surface area (Å²) in [5.41, 5.74) is 0.537. The van der Waals surface area contributed by atoms with E-state index in [4.69, 9.17) is 4.74 Å². The van der Waals surface area contributed by atoms with Crippen molar-refractivity contribution in [3.63, 3.8) is 0 Å². The maximum atomic E-state index is 9.74. The van der Waals surface area contributed by atoms with Crippen molar-refractivity contribution in [3.8, 4) is 11.8 Å². The van der Waals surface area contributed by atoms with Crippen LogP contribution in [0, 0.1) is 23.2 Å². The minimum atomic E-state index is -0.435. The number of nitrogens with one attached hydrogen (secondary N) is 1. The molecule has 3 heteroatoms. The minimum absolute atomic E-state index is 0.435. The first-order valence-electron chi connectivity index (χ1n) is 7.92. The number of rotatable bonds is 4. The Balaban J connectivity index is 2.12. The quantitative estimate of drug-likeness (QED) is 0.822. The summed E-state index contributed by atoms with van der Waals surface area (Å²) in [6.45, 7) is 4.58. The van der Waals surface area contributed by atoms with Gasteiger partial charge in [0, 0.05) is 11.8 Å². The summed E-state index contributed by atoms with van der Waals surface area (Å²) in [5.74, 6) is 2.27. The van der Waals surface area contributed by atoms with Crippen molar-refractivity contribution >= 4 is 5.69 Å². The van der Waals surface area contributed by atoms with E-state index in [1.807, 2.05) is 24.3 Å². The second-order valence-corrected chi connectivity index (χ2v) is 6.49. The van der Waals surface area contributed by atoms with Crippen molar-refractivity contribution in [2.45, 2.75) is 51.5 Å². The molecule has 114 valence electrons. The Morgan fingerprint density at radius 2 is 2.14 bits per heavy atom. The van der Waals surface area contributed by atoms with Crippen LogP contribution < -0.4 is 10.1 Å². The molecule has 0 radical (unpaired) electrons. The van der Waals surface area contributed by atoms with Crippen molar-refractivity contribution in [3.05, 3.63) is 24.3 Å². The van der Waals surface area contributed by atoms with Crippen LogP contribution in [0.15, 0.2) is 24.3 Å². The Hall–Kier alpha value is -1.69. The summed E-state index contributed by atoms with van der Waals surface area (Å²) in [4.78, 5) is 0. The van der Waals surface area contributed by atoms with Gasteiger partial charge in [0.15, 0.2) is 0 Å². The monoisotopic (exact) mass is 286 g/mol. The van der Waals surface area contributed by atoms with Gasteiger partial charge in [-0.3, -0.25) is 0 Å². The number of nitriles is 1. The van der Waals surface area contributed by atoms with Gasteiger partial charge >= 0.3 is 0 Å². The normalized spacial score (nSPS) is 26.0. The predicted molar refractivity (Wildman–Crippen MR) is 86.4 cm³/mol. The third-order valence-corrected chi connectivity index (χ3v) is 4.73. The maximum Gasteiger partial charge on any atom is 0.125 e. The third-order valence-electron chi connectivity index (χ3n) is 4.73. The van der Waals surface area contributed by atoms with Crippen LogP contribution >= 0.6 is 0 Å². The lowest BCUT2D eigenvalue weighted by Crippen LogP contribution is -2.36. The van der Waals surface area contributed by atoms with E-state index in [1.165, 1.54) is 6.42 Å². The van der Waals surface area contributed by atoms with Crippen LogP contribution in [0.4, 0.5) is 5.69 Å². The van der Waals surface area contributed by atoms with Crippen LogP contribution in [0.5, 0.6) is 5.75 Å². The van der Waals surface area contributed by atoms with Gasteiger partial charge in [0.2, 0.25) is 0 Å². The zero-order valence-corrected chi connectivity index (χ0v) is 13.4. The molecule has 1 aliphatic carbocycles. The first-order valence-corrected chi connectivity index (χ1v) is 7.92. The molecule has 0 spiro atoms. The van der Waals surface area contributed by atoms with Gasteiger partial charge in [-0.25, -0.2) is 0 Å². The molecule has 3 nitrogen and oxygen atoms in total. The van der Waals surface area contributed by atoms with Gasteiger partial charge in [-0.2, -0.15) is 5.26 Å². The highest BCUT2D eigenvalue weighted by atomic mass is 16.5. The molecule has 0 saturated heterocycles. The van der Waals surface area contributed by atoms with E-state index >= 15 is 0 Å². The van der Waals surface area contributed by atoms with E-state index in [9.17, 15) is 5.26 Å². The van der Waals surface area contributed by atoms with E-state index in [0.717, 1.165) is 43.0 Å². The van der Waals surface area contributed by atoms with Crippen LogP contribution in [0.3, 0.4) is 0 Å². The number of methoxy groups -OCH3 is 1. The van der Waals surface area contributed by atoms with Gasteiger partial charge in [0.25, 0.3) is 0 Å². The zero-order valence-electron chi connectivity index (χ0n) is 13.4. The van der Waals surface area contributed by atoms with E-state index < -0.39 is 5.54 Å². The maximum absolute atomic E-state index is 9.74. The Morgan fingerprint density at radius 1 is 1.33 bits per heavy atom. The van der Waals surface area contributed by atoms with Crippen LogP contribution in [-0.4, -0.2) is 12.6 Å². The molecular weight excluding hydrogens is 260 g/mol. The molecule has 1 aromatic rings. The van der Waals surface area contributed by atoms with Crippen molar-refractivity contribution in [2.75, 3.05) is 12.4 Å². The number of anilines is 1. The van der Waals surface area contributed by atoms with Crippen molar-refractivity contribution in [2.24, 2.45) is 11.8 Å². The number of ether oxygens (including phenoxy) is 1. The van der Waals surface area contributed by atoms with Crippen molar-refractivity contribution in [1.29, 1.82) is 5.26 Å². The van der Waals surface area contributed by atoms with E-state index in [2.05, 4.69) is 25.2 Å². The van der Waals surface area contributed by atoms with E-state index in [1.54, 1.807) is 7.11 Å². The van der Waals surface area contributed by atoms with Gasteiger partial charge < -0.3 is 10.1 Å². The fourth-order valence-electron chi connectivity index (χ4n) is 3.28. The van der Waals surface area contributed by atoms with Gasteiger partial charge in [0.05, 0.1) is 13.2 Å². The van der Waals surface area contributed by atoms with Crippen LogP contribution in [0.2, 0.25) is 0 Å². The Morgan fingerprint density at radius 3 is 2.81 bits per heavy atom. The summed E-state index contributed by atoms with van der Waals surface area (Å²) in [5, 5.41) is 13.2. The summed E-state index contributed by atoms with van der Waals surface area (Å²) in [6.07, 6.45) is 5.32. The Bertz CT molecular complexity index is 506. The zero-order chi connectivity index (χ0) is 15.3. The molecule has 21 heavy (non-hydrogen) atoms. The highest BCUT2D eigenvalue weighted by Crippen LogP contribution is 2.36. The summed E-state index contributed by atoms with van der Waals surface area (Å²) in [7, 11) is 1.66. The Kier molecular flexibility index (Phi) is 5.12. The first-order chi connectivity index (χ1) is 10.1. The minimum Gasteiger partial charge on any atom is -0.497 e. The van der Waals surface area contributed by atoms with Gasteiger partial charge in [-0.15, -0.1) is 0 Å². The van der Waals surface area contributed by atoms with Gasteiger partial charge in [-0.05, 0) is 49.7 Å². The molecule has 1 aromatic carbocycles. The van der Waals surface area contributed by atoms with Gasteiger partial charge in [0.1, 0.15) is 11.3 Å². The first kappa shape index (κ1) is 15.7. The second kappa shape index (κ2) is 6.85. The SMILES string of the molecule is COc1cccc(NC2(C#N)CCCC(C(C)C)CC2)c1. The lowest BCUT2D eigenvalue weighted by molar-refractivity contribution is 0.339.